The molecule has 0 fully saturated rings. The van der Waals surface area contributed by atoms with E-state index in [0.29, 0.717) is 0 Å². The van der Waals surface area contributed by atoms with Gasteiger partial charge in [-0.2, -0.15) is 0 Å². The summed E-state index contributed by atoms with van der Waals surface area (Å²) in [5.74, 6) is 0.829. The second-order valence-corrected chi connectivity index (χ2v) is 3.94. The molecule has 0 aliphatic carbocycles. The van der Waals surface area contributed by atoms with Crippen molar-refractivity contribution in [3.63, 3.8) is 0 Å². The third-order valence-corrected chi connectivity index (χ3v) is 3.11. The van der Waals surface area contributed by atoms with Crippen molar-refractivity contribution >= 4 is 22.2 Å². The van der Waals surface area contributed by atoms with E-state index in [4.69, 9.17) is 5.73 Å². The van der Waals surface area contributed by atoms with Gasteiger partial charge in [0.05, 0.1) is 5.69 Å². The van der Waals surface area contributed by atoms with E-state index in [0.717, 1.165) is 11.5 Å². The van der Waals surface area contributed by atoms with Crippen LogP contribution in [0.3, 0.4) is 0 Å². The van der Waals surface area contributed by atoms with Crippen LogP contribution in [0.5, 0.6) is 0 Å². The molecule has 0 amide bonds. The van der Waals surface area contributed by atoms with Crippen LogP contribution in [-0.2, 0) is 7.05 Å². The van der Waals surface area contributed by atoms with Crippen LogP contribution in [0.1, 0.15) is 5.69 Å². The molecule has 76 valence electrons. The van der Waals surface area contributed by atoms with Gasteiger partial charge in [0.25, 0.3) is 0 Å². The number of nitrogen functional groups attached to an aromatic ring is 1. The maximum Gasteiger partial charge on any atom is 0.126 e. The van der Waals surface area contributed by atoms with E-state index in [1.165, 1.54) is 16.4 Å². The van der Waals surface area contributed by atoms with Gasteiger partial charge < -0.3 is 14.7 Å². The van der Waals surface area contributed by atoms with Gasteiger partial charge >= 0.3 is 0 Å². The highest BCUT2D eigenvalue weighted by Gasteiger charge is 2.12. The van der Waals surface area contributed by atoms with E-state index >= 15 is 0 Å². The highest BCUT2D eigenvalue weighted by Crippen LogP contribution is 2.27. The van der Waals surface area contributed by atoms with Crippen LogP contribution in [0, 0.1) is 6.92 Å². The minimum absolute atomic E-state index is 0.829. The number of hydrogen-bond acceptors (Lipinski definition) is 1. The van der Waals surface area contributed by atoms with Crippen LogP contribution in [-0.4, -0.2) is 8.97 Å². The molecule has 2 aromatic heterocycles. The predicted octanol–water partition coefficient (Wildman–Crippen LogP) is 2.32. The van der Waals surface area contributed by atoms with E-state index in [1.807, 2.05) is 18.5 Å². The maximum absolute atomic E-state index is 5.99. The summed E-state index contributed by atoms with van der Waals surface area (Å²) >= 11 is 0. The minimum Gasteiger partial charge on any atom is -0.384 e. The Morgan fingerprint density at radius 2 is 1.93 bits per heavy atom. The predicted molar refractivity (Wildman–Crippen MR) is 63.0 cm³/mol. The van der Waals surface area contributed by atoms with E-state index < -0.39 is 0 Å². The highest BCUT2D eigenvalue weighted by molar-refractivity contribution is 5.96. The molecule has 0 aliphatic rings. The summed E-state index contributed by atoms with van der Waals surface area (Å²) in [6, 6.07) is 8.36. The number of rotatable bonds is 0. The third-order valence-electron chi connectivity index (χ3n) is 3.11. The summed E-state index contributed by atoms with van der Waals surface area (Å²) in [5, 5.41) is 2.51. The maximum atomic E-state index is 5.99. The van der Waals surface area contributed by atoms with Crippen molar-refractivity contribution < 1.29 is 0 Å². The lowest BCUT2D eigenvalue weighted by atomic mass is 10.2. The van der Waals surface area contributed by atoms with Gasteiger partial charge in [-0.1, -0.05) is 24.3 Å². The average molecular weight is 199 g/mol. The fourth-order valence-electron chi connectivity index (χ4n) is 2.22. The molecular weight excluding hydrogens is 186 g/mol. The smallest absolute Gasteiger partial charge is 0.126 e. The van der Waals surface area contributed by atoms with E-state index in [-0.39, 0.29) is 0 Å². The van der Waals surface area contributed by atoms with E-state index in [2.05, 4.69) is 34.9 Å². The van der Waals surface area contributed by atoms with Gasteiger partial charge in [-0.05, 0) is 6.92 Å². The lowest BCUT2D eigenvalue weighted by Crippen LogP contribution is -1.96. The first-order valence-electron chi connectivity index (χ1n) is 5.00. The molecule has 0 saturated carbocycles. The molecule has 0 unspecified atom stereocenters. The highest BCUT2D eigenvalue weighted by atomic mass is 15.2. The fraction of sp³-hybridized carbons (Fsp3) is 0.167. The number of hydrogen-bond donors (Lipinski definition) is 1. The quantitative estimate of drug-likeness (QED) is 0.592. The lowest BCUT2D eigenvalue weighted by molar-refractivity contribution is 0.974. The molecule has 3 aromatic rings. The molecule has 3 rings (SSSR count). The standard InChI is InChI=1S/C12H13N3/c1-8-11(13)14(2)12-10-6-4-3-5-9(10)7-15(8)12/h3-7H,13H2,1-2H3. The summed E-state index contributed by atoms with van der Waals surface area (Å²) in [6.07, 6.45) is 2.14. The number of fused-ring (bicyclic) bond motifs is 3. The fourth-order valence-corrected chi connectivity index (χ4v) is 2.22. The molecular formula is C12H13N3. The number of nitrogens with two attached hydrogens (primary N) is 1. The molecule has 0 aliphatic heterocycles. The van der Waals surface area contributed by atoms with Gasteiger partial charge in [0.15, 0.2) is 0 Å². The second kappa shape index (κ2) is 2.57. The van der Waals surface area contributed by atoms with Crippen molar-refractivity contribution in [1.82, 2.24) is 8.97 Å². The van der Waals surface area contributed by atoms with Crippen molar-refractivity contribution in [1.29, 1.82) is 0 Å². The summed E-state index contributed by atoms with van der Waals surface area (Å²) in [4.78, 5) is 0. The molecule has 15 heavy (non-hydrogen) atoms. The zero-order valence-corrected chi connectivity index (χ0v) is 8.86. The van der Waals surface area contributed by atoms with Gasteiger partial charge in [0.1, 0.15) is 11.5 Å². The first-order chi connectivity index (χ1) is 7.20. The first kappa shape index (κ1) is 8.41. The molecule has 0 bridgehead atoms. The third kappa shape index (κ3) is 0.897. The Hall–Kier alpha value is -1.90. The van der Waals surface area contributed by atoms with Gasteiger partial charge in [-0.15, -0.1) is 0 Å². The number of imidazole rings is 1. The Balaban J connectivity index is 2.65. The summed E-state index contributed by atoms with van der Waals surface area (Å²) < 4.78 is 4.19. The molecule has 2 N–H and O–H groups in total. The molecule has 3 nitrogen and oxygen atoms in total. The molecule has 0 spiro atoms. The Morgan fingerprint density at radius 3 is 2.73 bits per heavy atom. The van der Waals surface area contributed by atoms with Crippen molar-refractivity contribution in [3.05, 3.63) is 36.2 Å². The topological polar surface area (TPSA) is 35.4 Å². The largest absolute Gasteiger partial charge is 0.384 e. The van der Waals surface area contributed by atoms with Crippen molar-refractivity contribution in [3.8, 4) is 0 Å². The van der Waals surface area contributed by atoms with Gasteiger partial charge in [0, 0.05) is 24.0 Å². The Kier molecular flexibility index (Phi) is 1.44. The summed E-state index contributed by atoms with van der Waals surface area (Å²) in [6.45, 7) is 2.04. The average Bonchev–Trinajstić information content (AvgIpc) is 2.72. The van der Waals surface area contributed by atoms with E-state index in [9.17, 15) is 0 Å². The lowest BCUT2D eigenvalue weighted by Gasteiger charge is -1.97. The van der Waals surface area contributed by atoms with Crippen LogP contribution in [0.25, 0.3) is 16.4 Å². The summed E-state index contributed by atoms with van der Waals surface area (Å²) in [5.41, 5.74) is 8.26. The number of aromatic nitrogens is 2. The Labute approximate surface area is 87.7 Å². The van der Waals surface area contributed by atoms with Crippen molar-refractivity contribution in [2.24, 2.45) is 7.05 Å². The zero-order valence-electron chi connectivity index (χ0n) is 8.86. The Morgan fingerprint density at radius 1 is 1.20 bits per heavy atom. The molecule has 3 heteroatoms. The van der Waals surface area contributed by atoms with Crippen LogP contribution in [0.2, 0.25) is 0 Å². The number of anilines is 1. The number of nitrogens with zero attached hydrogens (tertiary/aromatic N) is 2. The van der Waals surface area contributed by atoms with Crippen LogP contribution in [0.15, 0.2) is 30.5 Å². The first-order valence-corrected chi connectivity index (χ1v) is 5.00. The Bertz CT molecular complexity index is 658. The van der Waals surface area contributed by atoms with Crippen molar-refractivity contribution in [2.75, 3.05) is 5.73 Å². The molecule has 0 atom stereocenters. The summed E-state index contributed by atoms with van der Waals surface area (Å²) in [7, 11) is 2.00. The molecule has 1 aromatic carbocycles. The molecule has 0 radical (unpaired) electrons. The minimum atomic E-state index is 0.829. The van der Waals surface area contributed by atoms with Crippen LogP contribution < -0.4 is 5.73 Å². The van der Waals surface area contributed by atoms with Crippen LogP contribution >= 0.6 is 0 Å². The van der Waals surface area contributed by atoms with Crippen LogP contribution in [0.4, 0.5) is 5.82 Å². The molecule has 2 heterocycles. The van der Waals surface area contributed by atoms with Gasteiger partial charge in [0.2, 0.25) is 0 Å². The van der Waals surface area contributed by atoms with E-state index in [1.54, 1.807) is 0 Å². The normalized spacial score (nSPS) is 11.6. The monoisotopic (exact) mass is 199 g/mol. The van der Waals surface area contributed by atoms with Gasteiger partial charge in [-0.3, -0.25) is 0 Å². The SMILES string of the molecule is Cc1c(N)n(C)c2c3ccccc3cn12. The van der Waals surface area contributed by atoms with Gasteiger partial charge in [-0.25, -0.2) is 0 Å². The van der Waals surface area contributed by atoms with Crippen molar-refractivity contribution in [2.45, 2.75) is 6.92 Å². The molecule has 0 saturated heterocycles. The number of aryl methyl sites for hydroxylation is 2. The zero-order chi connectivity index (χ0) is 10.6. The number of benzene rings is 1. The second-order valence-electron chi connectivity index (χ2n) is 3.94.